The highest BCUT2D eigenvalue weighted by atomic mass is 35.5. The molecule has 2 rings (SSSR count). The van der Waals surface area contributed by atoms with Crippen LogP contribution in [-0.2, 0) is 4.74 Å². The Balaban J connectivity index is 2.00. The molecule has 1 unspecified atom stereocenters. The summed E-state index contributed by atoms with van der Waals surface area (Å²) in [5.74, 6) is 0.526. The van der Waals surface area contributed by atoms with Gasteiger partial charge in [-0.1, -0.05) is 17.7 Å². The number of benzene rings is 1. The smallest absolute Gasteiger partial charge is 0.138 e. The molecular formula is C14H16ClNO2. The average molecular weight is 266 g/mol. The van der Waals surface area contributed by atoms with Gasteiger partial charge >= 0.3 is 0 Å². The fraction of sp³-hybridized carbons (Fsp3) is 0.500. The maximum absolute atomic E-state index is 9.03. The minimum absolute atomic E-state index is 0.0690. The van der Waals surface area contributed by atoms with Crippen molar-refractivity contribution in [3.8, 4) is 11.8 Å². The fourth-order valence-electron chi connectivity index (χ4n) is 2.11. The lowest BCUT2D eigenvalue weighted by Gasteiger charge is -2.19. The second-order valence-electron chi connectivity index (χ2n) is 5.07. The molecule has 1 aliphatic rings. The Labute approximate surface area is 112 Å². The number of halogens is 1. The lowest BCUT2D eigenvalue weighted by molar-refractivity contribution is -0.0326. The maximum atomic E-state index is 9.03. The van der Waals surface area contributed by atoms with E-state index in [-0.39, 0.29) is 11.7 Å². The van der Waals surface area contributed by atoms with Crippen LogP contribution in [0.2, 0.25) is 5.02 Å². The van der Waals surface area contributed by atoms with Gasteiger partial charge in [-0.05, 0) is 38.8 Å². The van der Waals surface area contributed by atoms with E-state index in [4.69, 9.17) is 26.3 Å². The highest BCUT2D eigenvalue weighted by Crippen LogP contribution is 2.31. The molecule has 1 aliphatic heterocycles. The van der Waals surface area contributed by atoms with Crippen LogP contribution in [0.3, 0.4) is 0 Å². The summed E-state index contributed by atoms with van der Waals surface area (Å²) in [6, 6.07) is 7.27. The van der Waals surface area contributed by atoms with E-state index in [0.717, 1.165) is 12.8 Å². The molecule has 0 aromatic heterocycles. The Kier molecular flexibility index (Phi) is 3.79. The first-order chi connectivity index (χ1) is 8.52. The van der Waals surface area contributed by atoms with Crippen molar-refractivity contribution in [1.29, 1.82) is 5.26 Å². The van der Waals surface area contributed by atoms with E-state index < -0.39 is 0 Å². The zero-order valence-electron chi connectivity index (χ0n) is 10.6. The first kappa shape index (κ1) is 13.2. The number of ether oxygens (including phenoxy) is 2. The molecule has 0 spiro atoms. The summed E-state index contributed by atoms with van der Waals surface area (Å²) in [5.41, 5.74) is 0.317. The molecule has 0 radical (unpaired) electrons. The standard InChI is InChI=1S/C14H16ClNO2/c1-14(2)7-6-10(18-14)9-17-13-5-3-4-12(15)11(13)8-16/h3-5,10H,6-7,9H2,1-2H3. The van der Waals surface area contributed by atoms with Crippen molar-refractivity contribution >= 4 is 11.6 Å². The number of hydrogen-bond donors (Lipinski definition) is 0. The molecule has 1 atom stereocenters. The first-order valence-corrected chi connectivity index (χ1v) is 6.39. The zero-order valence-corrected chi connectivity index (χ0v) is 11.3. The molecule has 0 bridgehead atoms. The largest absolute Gasteiger partial charge is 0.489 e. The van der Waals surface area contributed by atoms with Crippen LogP contribution >= 0.6 is 11.6 Å². The molecule has 18 heavy (non-hydrogen) atoms. The topological polar surface area (TPSA) is 42.2 Å². The van der Waals surface area contributed by atoms with E-state index in [1.54, 1.807) is 18.2 Å². The van der Waals surface area contributed by atoms with Crippen molar-refractivity contribution in [2.45, 2.75) is 38.4 Å². The summed E-state index contributed by atoms with van der Waals surface area (Å²) in [6.07, 6.45) is 2.10. The molecule has 0 aliphatic carbocycles. The molecular weight excluding hydrogens is 250 g/mol. The molecule has 0 N–H and O–H groups in total. The summed E-state index contributed by atoms with van der Waals surface area (Å²) >= 11 is 5.94. The number of rotatable bonds is 3. The Morgan fingerprint density at radius 3 is 2.94 bits per heavy atom. The van der Waals surface area contributed by atoms with Gasteiger partial charge in [0.15, 0.2) is 0 Å². The van der Waals surface area contributed by atoms with Gasteiger partial charge in [0.1, 0.15) is 24.0 Å². The molecule has 4 heteroatoms. The van der Waals surface area contributed by atoms with Gasteiger partial charge in [-0.3, -0.25) is 0 Å². The molecule has 96 valence electrons. The van der Waals surface area contributed by atoms with Crippen LogP contribution in [0.5, 0.6) is 5.75 Å². The second kappa shape index (κ2) is 5.17. The van der Waals surface area contributed by atoms with Crippen LogP contribution in [0, 0.1) is 11.3 Å². The summed E-state index contributed by atoms with van der Waals surface area (Å²) in [7, 11) is 0. The minimum atomic E-state index is -0.0690. The third-order valence-electron chi connectivity index (χ3n) is 3.07. The molecule has 1 aromatic rings. The molecule has 0 saturated carbocycles. The maximum Gasteiger partial charge on any atom is 0.138 e. The predicted octanol–water partition coefficient (Wildman–Crippen LogP) is 3.55. The van der Waals surface area contributed by atoms with E-state index in [2.05, 4.69) is 19.9 Å². The van der Waals surface area contributed by atoms with Gasteiger partial charge in [0.05, 0.1) is 16.7 Å². The molecule has 1 saturated heterocycles. The van der Waals surface area contributed by atoms with E-state index >= 15 is 0 Å². The molecule has 1 aromatic carbocycles. The second-order valence-corrected chi connectivity index (χ2v) is 5.48. The highest BCUT2D eigenvalue weighted by molar-refractivity contribution is 6.31. The van der Waals surface area contributed by atoms with Crippen molar-refractivity contribution in [3.63, 3.8) is 0 Å². The Morgan fingerprint density at radius 2 is 2.33 bits per heavy atom. The lowest BCUT2D eigenvalue weighted by atomic mass is 10.1. The predicted molar refractivity (Wildman–Crippen MR) is 69.8 cm³/mol. The number of hydrogen-bond acceptors (Lipinski definition) is 3. The van der Waals surface area contributed by atoms with Crippen molar-refractivity contribution in [2.24, 2.45) is 0 Å². The van der Waals surface area contributed by atoms with E-state index in [9.17, 15) is 0 Å². The summed E-state index contributed by atoms with van der Waals surface area (Å²) < 4.78 is 11.5. The Bertz CT molecular complexity index is 479. The van der Waals surface area contributed by atoms with Crippen molar-refractivity contribution < 1.29 is 9.47 Å². The lowest BCUT2D eigenvalue weighted by Crippen LogP contribution is -2.24. The molecule has 1 fully saturated rings. The van der Waals surface area contributed by atoms with Crippen LogP contribution in [0.25, 0.3) is 0 Å². The Hall–Kier alpha value is -1.24. The van der Waals surface area contributed by atoms with Gasteiger partial charge in [0.2, 0.25) is 0 Å². The molecule has 1 heterocycles. The quantitative estimate of drug-likeness (QED) is 0.839. The summed E-state index contributed by atoms with van der Waals surface area (Å²) in [6.45, 7) is 4.61. The van der Waals surface area contributed by atoms with Crippen molar-refractivity contribution in [1.82, 2.24) is 0 Å². The van der Waals surface area contributed by atoms with Crippen molar-refractivity contribution in [3.05, 3.63) is 28.8 Å². The first-order valence-electron chi connectivity index (χ1n) is 6.01. The van der Waals surface area contributed by atoms with Crippen LogP contribution in [0.15, 0.2) is 18.2 Å². The number of nitriles is 1. The number of nitrogens with zero attached hydrogens (tertiary/aromatic N) is 1. The van der Waals surface area contributed by atoms with Crippen LogP contribution in [0.1, 0.15) is 32.3 Å². The SMILES string of the molecule is CC1(C)CCC(COc2cccc(Cl)c2C#N)O1. The monoisotopic (exact) mass is 265 g/mol. The van der Waals surface area contributed by atoms with Crippen LogP contribution in [-0.4, -0.2) is 18.3 Å². The normalized spacial score (nSPS) is 21.6. The van der Waals surface area contributed by atoms with Gasteiger partial charge < -0.3 is 9.47 Å². The third kappa shape index (κ3) is 2.95. The Morgan fingerprint density at radius 1 is 1.56 bits per heavy atom. The van der Waals surface area contributed by atoms with E-state index in [1.165, 1.54) is 0 Å². The molecule has 0 amide bonds. The van der Waals surface area contributed by atoms with Crippen LogP contribution < -0.4 is 4.74 Å². The summed E-state index contributed by atoms with van der Waals surface area (Å²) in [4.78, 5) is 0. The van der Waals surface area contributed by atoms with Crippen LogP contribution in [0.4, 0.5) is 0 Å². The van der Waals surface area contributed by atoms with Gasteiger partial charge in [-0.15, -0.1) is 0 Å². The minimum Gasteiger partial charge on any atom is -0.489 e. The van der Waals surface area contributed by atoms with E-state index in [0.29, 0.717) is 22.9 Å². The van der Waals surface area contributed by atoms with Gasteiger partial charge in [-0.25, -0.2) is 0 Å². The van der Waals surface area contributed by atoms with Gasteiger partial charge in [0, 0.05) is 0 Å². The third-order valence-corrected chi connectivity index (χ3v) is 3.38. The zero-order chi connectivity index (χ0) is 13.2. The molecule has 3 nitrogen and oxygen atoms in total. The van der Waals surface area contributed by atoms with E-state index in [1.807, 2.05) is 0 Å². The highest BCUT2D eigenvalue weighted by Gasteiger charge is 2.32. The average Bonchev–Trinajstić information content (AvgIpc) is 2.66. The summed E-state index contributed by atoms with van der Waals surface area (Å²) in [5, 5.41) is 9.45. The van der Waals surface area contributed by atoms with Gasteiger partial charge in [-0.2, -0.15) is 5.26 Å². The van der Waals surface area contributed by atoms with Crippen molar-refractivity contribution in [2.75, 3.05) is 6.61 Å². The fourth-order valence-corrected chi connectivity index (χ4v) is 2.32. The van der Waals surface area contributed by atoms with Gasteiger partial charge in [0.25, 0.3) is 0 Å².